The summed E-state index contributed by atoms with van der Waals surface area (Å²) in [5.74, 6) is -8.19. The van der Waals surface area contributed by atoms with E-state index >= 15 is 0 Å². The zero-order valence-electron chi connectivity index (χ0n) is 46.1. The lowest BCUT2D eigenvalue weighted by molar-refractivity contribution is -0.266. The van der Waals surface area contributed by atoms with Crippen LogP contribution in [0.2, 0.25) is 0 Å². The average molecular weight is 1050 g/mol. The highest BCUT2D eigenvalue weighted by molar-refractivity contribution is 6.39. The fraction of sp³-hybridized carbons (Fsp3) is 0.772. The number of aliphatic hydroxyl groups excluding tert-OH is 2. The lowest BCUT2D eigenvalue weighted by Gasteiger charge is -2.43. The Bertz CT molecular complexity index is 1920. The summed E-state index contributed by atoms with van der Waals surface area (Å²) in [5, 5.41) is 33.1. The number of amides is 1. The maximum Gasteiger partial charge on any atom is 0.329 e. The number of allylic oxidation sites excluding steroid dienone is 6. The standard InChI is InChI=1S/C57H91NO16/c1-36-16-12-11-13-17-37(2)48(72-29-28-70-27-26-67-8)34-44-21-19-42(7)57(66,74-44)54(63)55(64)58-23-15-14-18-45(58)56(65)73-49(39(4)32-43-20-22-47(71-25-24-59)50(33-43)68-9)35-46(60)38(3)31-41(6)52(62)53(69-10)51(61)40(5)30-36/h11-13,16-17,31,36,38-40,42-45,47-50,52-53,59,62,66H,14-15,18-30,32-35H2,1-10H3/b13-11+,16-12+,37-17+,41-31+/t36-,38-,39-,40-,42-,43+,44+,45+,47-,48?,49+,50-,52-,53+,57-/m1/s1. The van der Waals surface area contributed by atoms with Gasteiger partial charge in [0.2, 0.25) is 5.79 Å². The van der Waals surface area contributed by atoms with E-state index in [4.69, 9.17) is 37.9 Å². The van der Waals surface area contributed by atoms with Gasteiger partial charge in [-0.25, -0.2) is 4.79 Å². The number of piperidine rings is 1. The summed E-state index contributed by atoms with van der Waals surface area (Å²) in [7, 11) is 4.60. The largest absolute Gasteiger partial charge is 0.460 e. The molecule has 0 aromatic heterocycles. The first-order valence-electron chi connectivity index (χ1n) is 27.2. The minimum Gasteiger partial charge on any atom is -0.460 e. The summed E-state index contributed by atoms with van der Waals surface area (Å²) in [5.41, 5.74) is 1.22. The van der Waals surface area contributed by atoms with Gasteiger partial charge in [0.15, 0.2) is 5.78 Å². The van der Waals surface area contributed by atoms with Crippen LogP contribution in [0.25, 0.3) is 0 Å². The number of methoxy groups -OCH3 is 3. The summed E-state index contributed by atoms with van der Waals surface area (Å²) >= 11 is 0. The number of carbonyl (C=O) groups excluding carboxylic acids is 5. The fourth-order valence-corrected chi connectivity index (χ4v) is 10.9. The first-order chi connectivity index (χ1) is 35.3. The van der Waals surface area contributed by atoms with Crippen LogP contribution in [-0.4, -0.2) is 172 Å². The first kappa shape index (κ1) is 63.0. The number of aliphatic hydroxyl groups is 3. The maximum atomic E-state index is 14.6. The molecule has 17 heteroatoms. The van der Waals surface area contributed by atoms with Crippen molar-refractivity contribution < 1.29 is 77.2 Å². The van der Waals surface area contributed by atoms with E-state index in [2.05, 4.69) is 0 Å². The molecule has 0 aromatic rings. The van der Waals surface area contributed by atoms with Crippen molar-refractivity contribution in [2.45, 2.75) is 180 Å². The molecule has 3 N–H and O–H groups in total. The summed E-state index contributed by atoms with van der Waals surface area (Å²) < 4.78 is 47.0. The number of fused-ring (bicyclic) bond motifs is 3. The SMILES string of the molecule is COCCOCCOC1C[C@@H]2CC[C@@H](C)[C@@](O)(O2)C(=O)C(=O)N2CCCC[C@H]2C(=O)O[C@H]([C@H](C)C[C@@H]2CC[C@@H](OCCO)[C@H](OC)C2)CC(=O)[C@H](C)/C=C(\C)[C@@H](O)[C@@H](OC)C(=O)[C@H](C)C[C@H](C)/C=C/C=C/C=C/1C. The Morgan fingerprint density at radius 1 is 0.811 bits per heavy atom. The van der Waals surface area contributed by atoms with Crippen molar-refractivity contribution in [2.24, 2.45) is 35.5 Å². The lowest BCUT2D eigenvalue weighted by atomic mass is 9.78. The highest BCUT2D eigenvalue weighted by atomic mass is 16.6. The van der Waals surface area contributed by atoms with Gasteiger partial charge in [0.25, 0.3) is 11.7 Å². The molecule has 3 aliphatic heterocycles. The van der Waals surface area contributed by atoms with Crippen LogP contribution < -0.4 is 0 Å². The topological polar surface area (TPSA) is 223 Å². The van der Waals surface area contributed by atoms with Crippen LogP contribution in [0.1, 0.15) is 126 Å². The molecule has 1 saturated carbocycles. The van der Waals surface area contributed by atoms with E-state index in [0.29, 0.717) is 76.8 Å². The molecule has 2 saturated heterocycles. The Morgan fingerprint density at radius 2 is 1.55 bits per heavy atom. The number of esters is 1. The van der Waals surface area contributed by atoms with Crippen LogP contribution >= 0.6 is 0 Å². The van der Waals surface area contributed by atoms with Crippen LogP contribution in [0.4, 0.5) is 0 Å². The number of carbonyl (C=O) groups is 5. The number of hydrogen-bond donors (Lipinski definition) is 3. The molecular formula is C57H91NO16. The van der Waals surface area contributed by atoms with Crippen molar-refractivity contribution >= 4 is 29.2 Å². The number of ether oxygens (including phenoxy) is 8. The van der Waals surface area contributed by atoms with Crippen molar-refractivity contribution in [1.82, 2.24) is 4.90 Å². The molecule has 3 fully saturated rings. The van der Waals surface area contributed by atoms with E-state index in [1.165, 1.54) is 12.0 Å². The molecule has 1 amide bonds. The Labute approximate surface area is 440 Å². The number of hydrogen-bond acceptors (Lipinski definition) is 16. The van der Waals surface area contributed by atoms with Gasteiger partial charge in [-0.1, -0.05) is 71.1 Å². The molecule has 1 aliphatic carbocycles. The van der Waals surface area contributed by atoms with Gasteiger partial charge in [0.1, 0.15) is 30.1 Å². The number of nitrogens with zero attached hydrogens (tertiary/aromatic N) is 1. The highest BCUT2D eigenvalue weighted by Crippen LogP contribution is 2.38. The normalized spacial score (nSPS) is 37.0. The van der Waals surface area contributed by atoms with Crippen LogP contribution in [0.3, 0.4) is 0 Å². The number of cyclic esters (lactones) is 1. The summed E-state index contributed by atoms with van der Waals surface area (Å²) in [4.78, 5) is 72.8. The van der Waals surface area contributed by atoms with Gasteiger partial charge in [-0.15, -0.1) is 0 Å². The lowest BCUT2D eigenvalue weighted by Crippen LogP contribution is -2.61. The van der Waals surface area contributed by atoms with Gasteiger partial charge in [-0.2, -0.15) is 0 Å². The van der Waals surface area contributed by atoms with Crippen molar-refractivity contribution in [2.75, 3.05) is 67.5 Å². The molecule has 4 rings (SSSR count). The van der Waals surface area contributed by atoms with Gasteiger partial charge in [0, 0.05) is 58.5 Å². The van der Waals surface area contributed by atoms with Gasteiger partial charge in [-0.05, 0) is 107 Å². The molecule has 0 radical (unpaired) electrons. The monoisotopic (exact) mass is 1050 g/mol. The van der Waals surface area contributed by atoms with E-state index < -0.39 is 77.8 Å². The molecule has 2 bridgehead atoms. The second kappa shape index (κ2) is 31.7. The molecule has 0 aromatic carbocycles. The second-order valence-corrected chi connectivity index (χ2v) is 21.4. The Balaban J connectivity index is 1.71. The van der Waals surface area contributed by atoms with Crippen LogP contribution in [0, 0.1) is 35.5 Å². The molecule has 3 heterocycles. The highest BCUT2D eigenvalue weighted by Gasteiger charge is 2.53. The van der Waals surface area contributed by atoms with E-state index in [-0.39, 0.29) is 87.2 Å². The van der Waals surface area contributed by atoms with Gasteiger partial charge < -0.3 is 58.1 Å². The van der Waals surface area contributed by atoms with Crippen molar-refractivity contribution in [3.63, 3.8) is 0 Å². The van der Waals surface area contributed by atoms with Gasteiger partial charge in [-0.3, -0.25) is 19.2 Å². The minimum atomic E-state index is -2.48. The molecule has 0 spiro atoms. The Kier molecular flexibility index (Phi) is 27.0. The van der Waals surface area contributed by atoms with Gasteiger partial charge in [0.05, 0.1) is 64.1 Å². The van der Waals surface area contributed by atoms with Crippen molar-refractivity contribution in [3.05, 3.63) is 47.6 Å². The molecule has 17 nitrogen and oxygen atoms in total. The van der Waals surface area contributed by atoms with Crippen LogP contribution in [0.15, 0.2) is 47.6 Å². The minimum absolute atomic E-state index is 0.00969. The first-order valence-corrected chi connectivity index (χ1v) is 27.2. The molecule has 4 aliphatic rings. The molecular weight excluding hydrogens is 955 g/mol. The van der Waals surface area contributed by atoms with Crippen LogP contribution in [0.5, 0.6) is 0 Å². The summed E-state index contributed by atoms with van der Waals surface area (Å²) in [6.45, 7) is 14.2. The molecule has 74 heavy (non-hydrogen) atoms. The van der Waals surface area contributed by atoms with E-state index in [9.17, 15) is 39.3 Å². The van der Waals surface area contributed by atoms with E-state index in [0.717, 1.165) is 12.0 Å². The fourth-order valence-electron chi connectivity index (χ4n) is 10.9. The third-order valence-corrected chi connectivity index (χ3v) is 15.6. The zero-order chi connectivity index (χ0) is 54.5. The molecule has 15 atom stereocenters. The Hall–Kier alpha value is -3.49. The third kappa shape index (κ3) is 18.3. The van der Waals surface area contributed by atoms with Crippen molar-refractivity contribution in [3.8, 4) is 0 Å². The molecule has 1 unspecified atom stereocenters. The third-order valence-electron chi connectivity index (χ3n) is 15.6. The quantitative estimate of drug-likeness (QED) is 0.0716. The maximum absolute atomic E-state index is 14.6. The van der Waals surface area contributed by atoms with Crippen molar-refractivity contribution in [1.29, 1.82) is 0 Å². The van der Waals surface area contributed by atoms with E-state index in [1.807, 2.05) is 58.1 Å². The summed E-state index contributed by atoms with van der Waals surface area (Å²) in [6.07, 6.45) is 11.5. The smallest absolute Gasteiger partial charge is 0.329 e. The predicted molar refractivity (Wildman–Crippen MR) is 278 cm³/mol. The number of ketones is 3. The molecule has 420 valence electrons. The van der Waals surface area contributed by atoms with Crippen LogP contribution in [-0.2, 0) is 61.9 Å². The van der Waals surface area contributed by atoms with E-state index in [1.54, 1.807) is 41.1 Å². The zero-order valence-corrected chi connectivity index (χ0v) is 46.1. The number of rotatable bonds is 15. The second-order valence-electron chi connectivity index (χ2n) is 21.4. The average Bonchev–Trinajstić information content (AvgIpc) is 3.38. The Morgan fingerprint density at radius 3 is 2.26 bits per heavy atom. The predicted octanol–water partition coefficient (Wildman–Crippen LogP) is 6.23. The summed E-state index contributed by atoms with van der Waals surface area (Å²) in [6, 6.07) is -1.17. The number of Topliss-reactive ketones (excluding diaryl/α,β-unsaturated/α-hetero) is 3. The van der Waals surface area contributed by atoms with Gasteiger partial charge >= 0.3 is 5.97 Å².